The van der Waals surface area contributed by atoms with Crippen LogP contribution in [-0.2, 0) is 19.5 Å². The van der Waals surface area contributed by atoms with Crippen LogP contribution in [0.25, 0.3) is 10.9 Å². The molecule has 0 aliphatic carbocycles. The Morgan fingerprint density at radius 1 is 0.970 bits per heavy atom. The van der Waals surface area contributed by atoms with Crippen LogP contribution >= 0.6 is 0 Å². The molecule has 0 fully saturated rings. The molecule has 0 radical (unpaired) electrons. The van der Waals surface area contributed by atoms with Gasteiger partial charge in [0.2, 0.25) is 0 Å². The molecule has 0 unspecified atom stereocenters. The SMILES string of the molecule is O=C(Nc1ccc(F)c(F)c1)c1c2c(nc3ccccc13)CCN(Cc1ccc(F)cc1)C2. The number of halogens is 3. The molecule has 0 saturated heterocycles. The predicted molar refractivity (Wildman–Crippen MR) is 120 cm³/mol. The number of nitrogens with one attached hydrogen (secondary N) is 1. The van der Waals surface area contributed by atoms with Crippen LogP contribution in [0.4, 0.5) is 18.9 Å². The second kappa shape index (κ2) is 8.67. The highest BCUT2D eigenvalue weighted by Crippen LogP contribution is 2.30. The Labute approximate surface area is 188 Å². The fourth-order valence-corrected chi connectivity index (χ4v) is 4.26. The molecule has 0 saturated carbocycles. The number of pyridine rings is 1. The molecule has 1 aromatic heterocycles. The van der Waals surface area contributed by atoms with E-state index in [-0.39, 0.29) is 11.5 Å². The van der Waals surface area contributed by atoms with Crippen LogP contribution in [0.1, 0.15) is 27.2 Å². The van der Waals surface area contributed by atoms with Crippen molar-refractivity contribution in [2.75, 3.05) is 11.9 Å². The molecule has 3 aromatic carbocycles. The number of aromatic nitrogens is 1. The Bertz CT molecular complexity index is 1360. The molecule has 4 aromatic rings. The van der Waals surface area contributed by atoms with Crippen LogP contribution in [0, 0.1) is 17.5 Å². The quantitative estimate of drug-likeness (QED) is 0.452. The molecule has 1 aliphatic rings. The fraction of sp³-hybridized carbons (Fsp3) is 0.154. The Morgan fingerprint density at radius 3 is 2.55 bits per heavy atom. The number of amides is 1. The molecule has 0 spiro atoms. The van der Waals surface area contributed by atoms with Crippen LogP contribution < -0.4 is 5.32 Å². The molecule has 4 nitrogen and oxygen atoms in total. The van der Waals surface area contributed by atoms with Gasteiger partial charge in [0.1, 0.15) is 5.82 Å². The van der Waals surface area contributed by atoms with E-state index in [1.807, 2.05) is 24.3 Å². The van der Waals surface area contributed by atoms with Gasteiger partial charge in [-0.3, -0.25) is 14.7 Å². The van der Waals surface area contributed by atoms with E-state index in [0.717, 1.165) is 35.5 Å². The van der Waals surface area contributed by atoms with Crippen molar-refractivity contribution in [3.63, 3.8) is 0 Å². The van der Waals surface area contributed by atoms with Crippen molar-refractivity contribution in [2.24, 2.45) is 0 Å². The van der Waals surface area contributed by atoms with Crippen molar-refractivity contribution in [2.45, 2.75) is 19.5 Å². The summed E-state index contributed by atoms with van der Waals surface area (Å²) in [7, 11) is 0. The average Bonchev–Trinajstić information content (AvgIpc) is 2.81. The van der Waals surface area contributed by atoms with Gasteiger partial charge >= 0.3 is 0 Å². The second-order valence-electron chi connectivity index (χ2n) is 8.10. The van der Waals surface area contributed by atoms with Crippen LogP contribution in [0.5, 0.6) is 0 Å². The normalized spacial score (nSPS) is 13.7. The summed E-state index contributed by atoms with van der Waals surface area (Å²) in [5.74, 6) is -2.69. The first kappa shape index (κ1) is 21.2. The van der Waals surface area contributed by atoms with E-state index >= 15 is 0 Å². The van der Waals surface area contributed by atoms with Gasteiger partial charge in [-0.15, -0.1) is 0 Å². The highest BCUT2D eigenvalue weighted by molar-refractivity contribution is 6.13. The standard InChI is InChI=1S/C26H20F3N3O/c27-17-7-5-16(6-8-17)14-32-12-11-24-20(15-32)25(19-3-1-2-4-23(19)31-24)26(33)30-18-9-10-21(28)22(29)13-18/h1-10,13H,11-12,14-15H2,(H,30,33). The lowest BCUT2D eigenvalue weighted by Crippen LogP contribution is -2.33. The summed E-state index contributed by atoms with van der Waals surface area (Å²) in [5, 5.41) is 3.40. The highest BCUT2D eigenvalue weighted by atomic mass is 19.2. The molecule has 166 valence electrons. The number of carbonyl (C=O) groups is 1. The van der Waals surface area contributed by atoms with Crippen molar-refractivity contribution in [3.05, 3.63) is 107 Å². The highest BCUT2D eigenvalue weighted by Gasteiger charge is 2.26. The first-order chi connectivity index (χ1) is 16.0. The number of nitrogens with zero attached hydrogens (tertiary/aromatic N) is 2. The van der Waals surface area contributed by atoms with Crippen LogP contribution in [0.3, 0.4) is 0 Å². The van der Waals surface area contributed by atoms with Gasteiger partial charge in [-0.05, 0) is 35.9 Å². The van der Waals surface area contributed by atoms with E-state index in [2.05, 4.69) is 10.2 Å². The first-order valence-electron chi connectivity index (χ1n) is 10.6. The number of hydrogen-bond donors (Lipinski definition) is 1. The predicted octanol–water partition coefficient (Wildman–Crippen LogP) is 5.46. The summed E-state index contributed by atoms with van der Waals surface area (Å²) in [6, 6.07) is 17.0. The zero-order valence-electron chi connectivity index (χ0n) is 17.6. The summed E-state index contributed by atoms with van der Waals surface area (Å²) in [5.41, 5.74) is 3.98. The van der Waals surface area contributed by atoms with Gasteiger partial charge in [0.15, 0.2) is 11.6 Å². The van der Waals surface area contributed by atoms with Gasteiger partial charge in [-0.2, -0.15) is 0 Å². The molecule has 1 aliphatic heterocycles. The number of hydrogen-bond acceptors (Lipinski definition) is 3. The molecule has 33 heavy (non-hydrogen) atoms. The fourth-order valence-electron chi connectivity index (χ4n) is 4.26. The zero-order valence-corrected chi connectivity index (χ0v) is 17.6. The molecule has 5 rings (SSSR count). The van der Waals surface area contributed by atoms with E-state index in [0.29, 0.717) is 36.0 Å². The van der Waals surface area contributed by atoms with Gasteiger partial charge in [-0.25, -0.2) is 13.2 Å². The van der Waals surface area contributed by atoms with Crippen molar-refractivity contribution in [1.29, 1.82) is 0 Å². The Morgan fingerprint density at radius 2 is 1.76 bits per heavy atom. The Balaban J connectivity index is 1.51. The summed E-state index contributed by atoms with van der Waals surface area (Å²) in [4.78, 5) is 20.3. The minimum atomic E-state index is -1.03. The number of anilines is 1. The maximum Gasteiger partial charge on any atom is 0.256 e. The zero-order chi connectivity index (χ0) is 22.9. The number of benzene rings is 3. The van der Waals surface area contributed by atoms with Crippen LogP contribution in [0.2, 0.25) is 0 Å². The largest absolute Gasteiger partial charge is 0.322 e. The lowest BCUT2D eigenvalue weighted by molar-refractivity contribution is 0.102. The van der Waals surface area contributed by atoms with E-state index in [4.69, 9.17) is 4.98 Å². The summed E-state index contributed by atoms with van der Waals surface area (Å²) in [6.45, 7) is 1.85. The van der Waals surface area contributed by atoms with Crippen molar-refractivity contribution in [1.82, 2.24) is 9.88 Å². The van der Waals surface area contributed by atoms with Gasteiger partial charge in [0.05, 0.1) is 11.1 Å². The molecular weight excluding hydrogens is 427 g/mol. The van der Waals surface area contributed by atoms with Crippen LogP contribution in [-0.4, -0.2) is 22.3 Å². The minimum Gasteiger partial charge on any atom is -0.322 e. The molecular formula is C26H20F3N3O. The minimum absolute atomic E-state index is 0.174. The Hall–Kier alpha value is -3.71. The van der Waals surface area contributed by atoms with Gasteiger partial charge < -0.3 is 5.32 Å². The topological polar surface area (TPSA) is 45.2 Å². The third-order valence-electron chi connectivity index (χ3n) is 5.85. The molecule has 0 bridgehead atoms. The third kappa shape index (κ3) is 4.32. The average molecular weight is 447 g/mol. The number of rotatable bonds is 4. The van der Waals surface area contributed by atoms with Gasteiger partial charge in [-0.1, -0.05) is 30.3 Å². The Kier molecular flexibility index (Phi) is 5.56. The van der Waals surface area contributed by atoms with E-state index < -0.39 is 17.5 Å². The van der Waals surface area contributed by atoms with E-state index in [9.17, 15) is 18.0 Å². The second-order valence-corrected chi connectivity index (χ2v) is 8.10. The van der Waals surface area contributed by atoms with Crippen molar-refractivity contribution < 1.29 is 18.0 Å². The summed E-state index contributed by atoms with van der Waals surface area (Å²) >= 11 is 0. The lowest BCUT2D eigenvalue weighted by atomic mass is 9.95. The van der Waals surface area contributed by atoms with Crippen LogP contribution in [0.15, 0.2) is 66.7 Å². The number of fused-ring (bicyclic) bond motifs is 2. The van der Waals surface area contributed by atoms with E-state index in [1.54, 1.807) is 12.1 Å². The third-order valence-corrected chi connectivity index (χ3v) is 5.85. The van der Waals surface area contributed by atoms with Gasteiger partial charge in [0, 0.05) is 54.5 Å². The smallest absolute Gasteiger partial charge is 0.256 e. The lowest BCUT2D eigenvalue weighted by Gasteiger charge is -2.30. The number of para-hydroxylation sites is 1. The maximum absolute atomic E-state index is 13.7. The monoisotopic (exact) mass is 447 g/mol. The maximum atomic E-state index is 13.7. The first-order valence-corrected chi connectivity index (χ1v) is 10.6. The molecule has 1 amide bonds. The molecule has 0 atom stereocenters. The van der Waals surface area contributed by atoms with Gasteiger partial charge in [0.25, 0.3) is 5.91 Å². The van der Waals surface area contributed by atoms with Crippen molar-refractivity contribution >= 4 is 22.5 Å². The molecule has 7 heteroatoms. The summed E-state index contributed by atoms with van der Waals surface area (Å²) in [6.07, 6.45) is 0.660. The molecule has 2 heterocycles. The van der Waals surface area contributed by atoms with E-state index in [1.165, 1.54) is 18.2 Å². The number of carbonyl (C=O) groups excluding carboxylic acids is 1. The summed E-state index contributed by atoms with van der Waals surface area (Å²) < 4.78 is 40.3. The molecule has 1 N–H and O–H groups in total. The van der Waals surface area contributed by atoms with Crippen molar-refractivity contribution in [3.8, 4) is 0 Å².